The highest BCUT2D eigenvalue weighted by Crippen LogP contribution is 2.15. The molecule has 0 aliphatic rings. The first-order valence-electron chi connectivity index (χ1n) is 6.70. The van der Waals surface area contributed by atoms with Crippen molar-refractivity contribution in [3.63, 3.8) is 0 Å². The summed E-state index contributed by atoms with van der Waals surface area (Å²) < 4.78 is 33.2. The number of nitrogens with zero attached hydrogens (tertiary/aromatic N) is 2. The lowest BCUT2D eigenvalue weighted by molar-refractivity contribution is 0.320. The van der Waals surface area contributed by atoms with Gasteiger partial charge < -0.3 is 4.74 Å². The van der Waals surface area contributed by atoms with Gasteiger partial charge in [0.05, 0.1) is 12.3 Å². The molecule has 7 heteroatoms. The average Bonchev–Trinajstić information content (AvgIpc) is 2.97. The van der Waals surface area contributed by atoms with Crippen LogP contribution in [-0.2, 0) is 16.6 Å². The molecule has 0 saturated carbocycles. The number of hydrogen-bond donors (Lipinski definition) is 1. The van der Waals surface area contributed by atoms with E-state index in [1.807, 2.05) is 31.2 Å². The summed E-state index contributed by atoms with van der Waals surface area (Å²) in [5.41, 5.74) is 1.03. The van der Waals surface area contributed by atoms with E-state index in [0.29, 0.717) is 13.2 Å². The molecule has 0 amide bonds. The lowest BCUT2D eigenvalue weighted by Gasteiger charge is -2.10. The van der Waals surface area contributed by atoms with Crippen molar-refractivity contribution < 1.29 is 13.2 Å². The molecule has 114 valence electrons. The summed E-state index contributed by atoms with van der Waals surface area (Å²) in [6.07, 6.45) is 3.35. The maximum Gasteiger partial charge on any atom is 0.213 e. The van der Waals surface area contributed by atoms with Crippen LogP contribution in [0.1, 0.15) is 5.56 Å². The third-order valence-electron chi connectivity index (χ3n) is 2.92. The molecule has 6 nitrogen and oxygen atoms in total. The molecule has 1 aromatic heterocycles. The second-order valence-electron chi connectivity index (χ2n) is 4.60. The Bertz CT molecular complexity index is 654. The van der Waals surface area contributed by atoms with E-state index < -0.39 is 10.0 Å². The maximum absolute atomic E-state index is 11.8. The van der Waals surface area contributed by atoms with Gasteiger partial charge in [0.2, 0.25) is 10.0 Å². The minimum absolute atomic E-state index is 0.000948. The van der Waals surface area contributed by atoms with E-state index in [-0.39, 0.29) is 12.3 Å². The SMILES string of the molecule is Cc1ccccc1OCCNS(=O)(=O)CCn1cccn1. The number of benzene rings is 1. The smallest absolute Gasteiger partial charge is 0.213 e. The van der Waals surface area contributed by atoms with Crippen molar-refractivity contribution >= 4 is 10.0 Å². The van der Waals surface area contributed by atoms with Crippen molar-refractivity contribution in [2.45, 2.75) is 13.5 Å². The van der Waals surface area contributed by atoms with E-state index in [4.69, 9.17) is 4.74 Å². The molecule has 1 heterocycles. The summed E-state index contributed by atoms with van der Waals surface area (Å²) in [6, 6.07) is 9.39. The average molecular weight is 309 g/mol. The summed E-state index contributed by atoms with van der Waals surface area (Å²) in [6.45, 7) is 2.83. The molecule has 1 aromatic carbocycles. The van der Waals surface area contributed by atoms with Gasteiger partial charge >= 0.3 is 0 Å². The zero-order valence-electron chi connectivity index (χ0n) is 11.9. The number of para-hydroxylation sites is 1. The molecule has 0 saturated heterocycles. The van der Waals surface area contributed by atoms with E-state index >= 15 is 0 Å². The van der Waals surface area contributed by atoms with E-state index in [9.17, 15) is 8.42 Å². The fraction of sp³-hybridized carbons (Fsp3) is 0.357. The van der Waals surface area contributed by atoms with Crippen molar-refractivity contribution in [1.82, 2.24) is 14.5 Å². The lowest BCUT2D eigenvalue weighted by Crippen LogP contribution is -2.31. The number of ether oxygens (including phenoxy) is 1. The predicted molar refractivity (Wildman–Crippen MR) is 80.7 cm³/mol. The number of hydrogen-bond acceptors (Lipinski definition) is 4. The molecular formula is C14H19N3O3S. The van der Waals surface area contributed by atoms with Crippen molar-refractivity contribution in [2.75, 3.05) is 18.9 Å². The summed E-state index contributed by atoms with van der Waals surface area (Å²) in [4.78, 5) is 0. The first-order valence-corrected chi connectivity index (χ1v) is 8.35. The van der Waals surface area contributed by atoms with E-state index in [2.05, 4.69) is 9.82 Å². The number of rotatable bonds is 8. The van der Waals surface area contributed by atoms with Crippen LogP contribution in [0.25, 0.3) is 0 Å². The molecule has 21 heavy (non-hydrogen) atoms. The lowest BCUT2D eigenvalue weighted by atomic mass is 10.2. The van der Waals surface area contributed by atoms with Gasteiger partial charge in [0, 0.05) is 18.9 Å². The number of nitrogens with one attached hydrogen (secondary N) is 1. The zero-order valence-corrected chi connectivity index (χ0v) is 12.7. The Balaban J connectivity index is 1.71. The molecule has 0 radical (unpaired) electrons. The zero-order chi connectivity index (χ0) is 15.1. The summed E-state index contributed by atoms with van der Waals surface area (Å²) in [5, 5.41) is 3.96. The number of aryl methyl sites for hydroxylation is 2. The van der Waals surface area contributed by atoms with Gasteiger partial charge in [-0.15, -0.1) is 0 Å². The summed E-state index contributed by atoms with van der Waals surface area (Å²) in [7, 11) is -3.31. The molecule has 0 aliphatic carbocycles. The van der Waals surface area contributed by atoms with E-state index in [1.165, 1.54) is 0 Å². The highest BCUT2D eigenvalue weighted by molar-refractivity contribution is 7.89. The van der Waals surface area contributed by atoms with Crippen molar-refractivity contribution in [3.8, 4) is 5.75 Å². The van der Waals surface area contributed by atoms with Crippen LogP contribution < -0.4 is 9.46 Å². The van der Waals surface area contributed by atoms with E-state index in [0.717, 1.165) is 11.3 Å². The number of aromatic nitrogens is 2. The molecule has 2 aromatic rings. The fourth-order valence-corrected chi connectivity index (χ4v) is 2.76. The largest absolute Gasteiger partial charge is 0.492 e. The van der Waals surface area contributed by atoms with E-state index in [1.54, 1.807) is 23.1 Å². The minimum Gasteiger partial charge on any atom is -0.492 e. The highest BCUT2D eigenvalue weighted by Gasteiger charge is 2.10. The van der Waals surface area contributed by atoms with Gasteiger partial charge in [-0.05, 0) is 24.6 Å². The van der Waals surface area contributed by atoms with Crippen LogP contribution in [0.5, 0.6) is 5.75 Å². The van der Waals surface area contributed by atoms with Gasteiger partial charge in [0.1, 0.15) is 12.4 Å². The minimum atomic E-state index is -3.31. The molecule has 0 spiro atoms. The van der Waals surface area contributed by atoms with Gasteiger partial charge in [-0.2, -0.15) is 5.10 Å². The number of sulfonamides is 1. The Morgan fingerprint density at radius 1 is 1.29 bits per heavy atom. The Labute approximate surface area is 124 Å². The second kappa shape index (κ2) is 7.24. The quantitative estimate of drug-likeness (QED) is 0.743. The molecule has 0 atom stereocenters. The molecule has 2 rings (SSSR count). The molecule has 0 unspecified atom stereocenters. The maximum atomic E-state index is 11.8. The molecule has 0 fully saturated rings. The van der Waals surface area contributed by atoms with Gasteiger partial charge in [-0.25, -0.2) is 13.1 Å². The molecule has 1 N–H and O–H groups in total. The van der Waals surface area contributed by atoms with Crippen LogP contribution in [0.15, 0.2) is 42.7 Å². The third-order valence-corrected chi connectivity index (χ3v) is 4.29. The van der Waals surface area contributed by atoms with Crippen molar-refractivity contribution in [3.05, 3.63) is 48.3 Å². The molecule has 0 bridgehead atoms. The molecular weight excluding hydrogens is 290 g/mol. The predicted octanol–water partition coefficient (Wildman–Crippen LogP) is 1.19. The van der Waals surface area contributed by atoms with Gasteiger partial charge in [0.15, 0.2) is 0 Å². The standard InChI is InChI=1S/C14H19N3O3S/c1-13-5-2-3-6-14(13)20-11-8-16-21(18,19)12-10-17-9-4-7-15-17/h2-7,9,16H,8,10-12H2,1H3. The monoisotopic (exact) mass is 309 g/mol. The summed E-state index contributed by atoms with van der Waals surface area (Å²) in [5.74, 6) is 0.771. The van der Waals surface area contributed by atoms with Gasteiger partial charge in [0.25, 0.3) is 0 Å². The Morgan fingerprint density at radius 3 is 2.81 bits per heavy atom. The van der Waals surface area contributed by atoms with Crippen LogP contribution in [0.3, 0.4) is 0 Å². The summed E-state index contributed by atoms with van der Waals surface area (Å²) >= 11 is 0. The fourth-order valence-electron chi connectivity index (χ4n) is 1.80. The van der Waals surface area contributed by atoms with Crippen LogP contribution >= 0.6 is 0 Å². The first kappa shape index (κ1) is 15.5. The van der Waals surface area contributed by atoms with Gasteiger partial charge in [-0.1, -0.05) is 18.2 Å². The normalized spacial score (nSPS) is 11.5. The Kier molecular flexibility index (Phi) is 5.35. The second-order valence-corrected chi connectivity index (χ2v) is 6.52. The van der Waals surface area contributed by atoms with Crippen molar-refractivity contribution in [2.24, 2.45) is 0 Å². The highest BCUT2D eigenvalue weighted by atomic mass is 32.2. The molecule has 0 aliphatic heterocycles. The van der Waals surface area contributed by atoms with Crippen LogP contribution in [0, 0.1) is 6.92 Å². The van der Waals surface area contributed by atoms with Crippen molar-refractivity contribution in [1.29, 1.82) is 0 Å². The van der Waals surface area contributed by atoms with Crippen LogP contribution in [-0.4, -0.2) is 37.1 Å². The Morgan fingerprint density at radius 2 is 2.10 bits per heavy atom. The Hall–Kier alpha value is -1.86. The third kappa shape index (κ3) is 5.20. The van der Waals surface area contributed by atoms with Crippen LogP contribution in [0.4, 0.5) is 0 Å². The first-order chi connectivity index (χ1) is 10.1. The van der Waals surface area contributed by atoms with Crippen LogP contribution in [0.2, 0.25) is 0 Å². The van der Waals surface area contributed by atoms with Gasteiger partial charge in [-0.3, -0.25) is 4.68 Å². The topological polar surface area (TPSA) is 73.2 Å².